The molecule has 2 saturated heterocycles. The number of hydrogen-bond donors (Lipinski definition) is 2. The molecule has 0 radical (unpaired) electrons. The molecule has 4 heterocycles. The van der Waals surface area contributed by atoms with Gasteiger partial charge in [0.2, 0.25) is 5.95 Å². The third kappa shape index (κ3) is 5.51. The molecule has 0 amide bonds. The maximum Gasteiger partial charge on any atom is 0.227 e. The Morgan fingerprint density at radius 3 is 2.62 bits per heavy atom. The zero-order valence-electron chi connectivity index (χ0n) is 19.8. The van der Waals surface area contributed by atoms with Gasteiger partial charge in [-0.1, -0.05) is 11.6 Å². The van der Waals surface area contributed by atoms with Crippen molar-refractivity contribution in [2.24, 2.45) is 0 Å². The van der Waals surface area contributed by atoms with Crippen molar-refractivity contribution in [2.45, 2.75) is 13.3 Å². The number of halogens is 1. The number of pyridine rings is 1. The van der Waals surface area contributed by atoms with Gasteiger partial charge in [0.1, 0.15) is 5.82 Å². The van der Waals surface area contributed by atoms with E-state index in [2.05, 4.69) is 43.3 Å². The van der Waals surface area contributed by atoms with E-state index in [9.17, 15) is 0 Å². The standard InChI is InChI=1S/C25H33ClN8/c1-19-17-24(31-25(30-19)34-11-8-27-9-12-34)33-15-13-32(14-16-33)10-2-6-28-22-5-7-29-23-18-20(26)3-4-21(22)23/h3-5,7,17-18,27H,2,6,8-16H2,1H3,(H,28,29). The van der Waals surface area contributed by atoms with E-state index in [1.807, 2.05) is 30.5 Å². The van der Waals surface area contributed by atoms with Crippen LogP contribution >= 0.6 is 11.6 Å². The molecule has 180 valence electrons. The first kappa shape index (κ1) is 23.1. The van der Waals surface area contributed by atoms with Gasteiger partial charge in [-0.05, 0) is 44.2 Å². The number of rotatable bonds is 7. The minimum atomic E-state index is 0.716. The van der Waals surface area contributed by atoms with E-state index in [0.29, 0.717) is 5.02 Å². The van der Waals surface area contributed by atoms with E-state index >= 15 is 0 Å². The lowest BCUT2D eigenvalue weighted by atomic mass is 10.2. The summed E-state index contributed by atoms with van der Waals surface area (Å²) in [6, 6.07) is 10.0. The average Bonchev–Trinajstić information content (AvgIpc) is 2.87. The van der Waals surface area contributed by atoms with Gasteiger partial charge in [0.15, 0.2) is 0 Å². The van der Waals surface area contributed by atoms with E-state index in [0.717, 1.165) is 106 Å². The van der Waals surface area contributed by atoms with Crippen LogP contribution in [0.3, 0.4) is 0 Å². The number of aromatic nitrogens is 3. The van der Waals surface area contributed by atoms with Crippen LogP contribution in [0.4, 0.5) is 17.5 Å². The molecule has 0 atom stereocenters. The predicted octanol–water partition coefficient (Wildman–Crippen LogP) is 3.02. The lowest BCUT2D eigenvalue weighted by Crippen LogP contribution is -2.47. The highest BCUT2D eigenvalue weighted by molar-refractivity contribution is 6.31. The molecular formula is C25H33ClN8. The molecule has 9 heteroatoms. The summed E-state index contributed by atoms with van der Waals surface area (Å²) in [6.45, 7) is 12.1. The van der Waals surface area contributed by atoms with Crippen molar-refractivity contribution in [1.82, 2.24) is 25.2 Å². The van der Waals surface area contributed by atoms with Crippen LogP contribution in [0.1, 0.15) is 12.1 Å². The van der Waals surface area contributed by atoms with Gasteiger partial charge in [-0.3, -0.25) is 9.88 Å². The molecule has 2 aliphatic heterocycles. The van der Waals surface area contributed by atoms with E-state index in [1.165, 1.54) is 0 Å². The zero-order valence-corrected chi connectivity index (χ0v) is 20.6. The monoisotopic (exact) mass is 480 g/mol. The summed E-state index contributed by atoms with van der Waals surface area (Å²) in [5.41, 5.74) is 3.08. The fraction of sp³-hybridized carbons (Fsp3) is 0.480. The number of benzene rings is 1. The third-order valence-electron chi connectivity index (χ3n) is 6.60. The lowest BCUT2D eigenvalue weighted by molar-refractivity contribution is 0.256. The highest BCUT2D eigenvalue weighted by Crippen LogP contribution is 2.24. The molecule has 0 unspecified atom stereocenters. The first-order valence-electron chi connectivity index (χ1n) is 12.2. The molecule has 1 aromatic carbocycles. The van der Waals surface area contributed by atoms with Gasteiger partial charge >= 0.3 is 0 Å². The van der Waals surface area contributed by atoms with Crippen LogP contribution in [0.5, 0.6) is 0 Å². The van der Waals surface area contributed by atoms with Gasteiger partial charge in [0.05, 0.1) is 5.52 Å². The molecule has 2 aliphatic rings. The Morgan fingerprint density at radius 2 is 1.79 bits per heavy atom. The van der Waals surface area contributed by atoms with Gasteiger partial charge < -0.3 is 20.4 Å². The second-order valence-corrected chi connectivity index (χ2v) is 9.47. The number of hydrogen-bond acceptors (Lipinski definition) is 8. The summed E-state index contributed by atoms with van der Waals surface area (Å²) in [5, 5.41) is 8.80. The van der Waals surface area contributed by atoms with Crippen molar-refractivity contribution in [3.8, 4) is 0 Å². The van der Waals surface area contributed by atoms with E-state index < -0.39 is 0 Å². The Labute approximate surface area is 206 Å². The number of piperazine rings is 2. The summed E-state index contributed by atoms with van der Waals surface area (Å²) < 4.78 is 0. The maximum atomic E-state index is 6.10. The van der Waals surface area contributed by atoms with E-state index in [1.54, 1.807) is 0 Å². The van der Waals surface area contributed by atoms with E-state index in [4.69, 9.17) is 21.6 Å². The minimum absolute atomic E-state index is 0.716. The minimum Gasteiger partial charge on any atom is -0.384 e. The van der Waals surface area contributed by atoms with Crippen LogP contribution in [0.2, 0.25) is 5.02 Å². The zero-order chi connectivity index (χ0) is 23.3. The number of aryl methyl sites for hydroxylation is 1. The van der Waals surface area contributed by atoms with Crippen LogP contribution in [-0.2, 0) is 0 Å². The molecule has 2 fully saturated rings. The van der Waals surface area contributed by atoms with Crippen molar-refractivity contribution in [3.63, 3.8) is 0 Å². The molecule has 0 spiro atoms. The van der Waals surface area contributed by atoms with Crippen molar-refractivity contribution >= 4 is 40.0 Å². The van der Waals surface area contributed by atoms with Gasteiger partial charge in [-0.2, -0.15) is 4.98 Å². The van der Waals surface area contributed by atoms with Crippen molar-refractivity contribution in [1.29, 1.82) is 0 Å². The predicted molar refractivity (Wildman–Crippen MR) is 140 cm³/mol. The Balaban J connectivity index is 1.10. The Hall–Kier alpha value is -2.68. The molecule has 2 N–H and O–H groups in total. The van der Waals surface area contributed by atoms with Crippen LogP contribution in [-0.4, -0.2) is 85.3 Å². The quantitative estimate of drug-likeness (QED) is 0.500. The third-order valence-corrected chi connectivity index (χ3v) is 6.83. The lowest BCUT2D eigenvalue weighted by Gasteiger charge is -2.36. The number of nitrogens with zero attached hydrogens (tertiary/aromatic N) is 6. The Kier molecular flexibility index (Phi) is 7.27. The fourth-order valence-corrected chi connectivity index (χ4v) is 4.87. The summed E-state index contributed by atoms with van der Waals surface area (Å²) >= 11 is 6.10. The normalized spacial score (nSPS) is 17.4. The van der Waals surface area contributed by atoms with Crippen molar-refractivity contribution < 1.29 is 0 Å². The van der Waals surface area contributed by atoms with Crippen LogP contribution < -0.4 is 20.4 Å². The van der Waals surface area contributed by atoms with Crippen LogP contribution in [0, 0.1) is 6.92 Å². The number of fused-ring (bicyclic) bond motifs is 1. The second-order valence-electron chi connectivity index (χ2n) is 9.03. The topological polar surface area (TPSA) is 72.5 Å². The first-order chi connectivity index (χ1) is 16.7. The Morgan fingerprint density at radius 1 is 0.971 bits per heavy atom. The van der Waals surface area contributed by atoms with Crippen molar-refractivity contribution in [3.05, 3.63) is 47.2 Å². The highest BCUT2D eigenvalue weighted by Gasteiger charge is 2.20. The summed E-state index contributed by atoms with van der Waals surface area (Å²) in [5.74, 6) is 1.93. The highest BCUT2D eigenvalue weighted by atomic mass is 35.5. The summed E-state index contributed by atoms with van der Waals surface area (Å²) in [7, 11) is 0. The molecule has 0 saturated carbocycles. The molecular weight excluding hydrogens is 448 g/mol. The molecule has 34 heavy (non-hydrogen) atoms. The molecule has 3 aromatic rings. The van der Waals surface area contributed by atoms with Crippen LogP contribution in [0.25, 0.3) is 10.9 Å². The molecule has 0 aliphatic carbocycles. The fourth-order valence-electron chi connectivity index (χ4n) is 4.71. The smallest absolute Gasteiger partial charge is 0.227 e. The van der Waals surface area contributed by atoms with E-state index in [-0.39, 0.29) is 0 Å². The van der Waals surface area contributed by atoms with Gasteiger partial charge in [-0.15, -0.1) is 0 Å². The van der Waals surface area contributed by atoms with Gasteiger partial charge in [-0.25, -0.2) is 4.98 Å². The molecule has 8 nitrogen and oxygen atoms in total. The largest absolute Gasteiger partial charge is 0.384 e. The molecule has 2 aromatic heterocycles. The second kappa shape index (κ2) is 10.7. The SMILES string of the molecule is Cc1cc(N2CCN(CCCNc3ccnc4cc(Cl)ccc34)CC2)nc(N2CCNCC2)n1. The first-order valence-corrected chi connectivity index (χ1v) is 12.6. The maximum absolute atomic E-state index is 6.10. The number of nitrogens with one attached hydrogen (secondary N) is 2. The molecule has 0 bridgehead atoms. The summed E-state index contributed by atoms with van der Waals surface area (Å²) in [6.07, 6.45) is 2.93. The van der Waals surface area contributed by atoms with Gasteiger partial charge in [0, 0.05) is 93.0 Å². The average molecular weight is 481 g/mol. The van der Waals surface area contributed by atoms with Gasteiger partial charge in [0.25, 0.3) is 0 Å². The van der Waals surface area contributed by atoms with Crippen LogP contribution in [0.15, 0.2) is 36.5 Å². The number of anilines is 3. The van der Waals surface area contributed by atoms with Crippen molar-refractivity contribution in [2.75, 3.05) is 80.6 Å². The summed E-state index contributed by atoms with van der Waals surface area (Å²) in [4.78, 5) is 21.3. The Bertz CT molecular complexity index is 1110. The molecule has 5 rings (SSSR count).